The van der Waals surface area contributed by atoms with Crippen LogP contribution in [0.25, 0.3) is 6.08 Å². The fraction of sp³-hybridized carbons (Fsp3) is 0.320. The van der Waals surface area contributed by atoms with Gasteiger partial charge in [0.15, 0.2) is 0 Å². The van der Waals surface area contributed by atoms with Crippen LogP contribution in [0, 0.1) is 0 Å². The molecule has 2 heterocycles. The second-order valence-corrected chi connectivity index (χ2v) is 7.90. The minimum atomic E-state index is -0.767. The summed E-state index contributed by atoms with van der Waals surface area (Å²) in [5.74, 6) is -0.310. The lowest BCUT2D eigenvalue weighted by molar-refractivity contribution is -0.122. The Kier molecular flexibility index (Phi) is 6.35. The van der Waals surface area contributed by atoms with Gasteiger partial charge in [0.05, 0.1) is 25.6 Å². The van der Waals surface area contributed by atoms with E-state index in [1.54, 1.807) is 25.3 Å². The Bertz CT molecular complexity index is 1130. The summed E-state index contributed by atoms with van der Waals surface area (Å²) in [5, 5.41) is 2.28. The zero-order valence-corrected chi connectivity index (χ0v) is 19.0. The minimum absolute atomic E-state index is 0.158. The first kappa shape index (κ1) is 22.4. The molecule has 8 heteroatoms. The monoisotopic (exact) mass is 449 g/mol. The number of urea groups is 1. The van der Waals surface area contributed by atoms with Gasteiger partial charge < -0.3 is 14.4 Å². The van der Waals surface area contributed by atoms with Crippen molar-refractivity contribution in [2.45, 2.75) is 26.2 Å². The number of para-hydroxylation sites is 1. The zero-order valence-electron chi connectivity index (χ0n) is 19.0. The average Bonchev–Trinajstić information content (AvgIpc) is 3.36. The second-order valence-electron chi connectivity index (χ2n) is 7.90. The van der Waals surface area contributed by atoms with Gasteiger partial charge in [-0.25, -0.2) is 9.69 Å². The largest absolute Gasteiger partial charge is 0.496 e. The van der Waals surface area contributed by atoms with Crippen LogP contribution in [0.5, 0.6) is 11.5 Å². The number of hydrogen-bond donors (Lipinski definition) is 1. The van der Waals surface area contributed by atoms with Crippen molar-refractivity contribution in [3.8, 4) is 11.5 Å². The number of anilines is 2. The summed E-state index contributed by atoms with van der Waals surface area (Å²) in [6, 6.07) is 9.98. The van der Waals surface area contributed by atoms with Crippen LogP contribution in [-0.2, 0) is 16.0 Å². The van der Waals surface area contributed by atoms with Crippen molar-refractivity contribution in [1.29, 1.82) is 0 Å². The molecule has 0 atom stereocenters. The molecule has 2 aliphatic heterocycles. The molecule has 1 N–H and O–H groups in total. The van der Waals surface area contributed by atoms with Gasteiger partial charge in [-0.05, 0) is 43.0 Å². The summed E-state index contributed by atoms with van der Waals surface area (Å²) in [7, 11) is 3.12. The van der Waals surface area contributed by atoms with Gasteiger partial charge in [0, 0.05) is 24.7 Å². The number of ether oxygens (including phenoxy) is 2. The third-order valence-corrected chi connectivity index (χ3v) is 5.99. The Hall–Kier alpha value is -3.81. The summed E-state index contributed by atoms with van der Waals surface area (Å²) in [4.78, 5) is 41.8. The molecule has 2 aliphatic rings. The molecule has 2 aromatic carbocycles. The number of nitrogens with one attached hydrogen (secondary N) is 1. The molecule has 0 saturated carbocycles. The lowest BCUT2D eigenvalue weighted by Crippen LogP contribution is -2.54. The average molecular weight is 450 g/mol. The highest BCUT2D eigenvalue weighted by Crippen LogP contribution is 2.38. The minimum Gasteiger partial charge on any atom is -0.496 e. The Morgan fingerprint density at radius 1 is 0.970 bits per heavy atom. The van der Waals surface area contributed by atoms with Gasteiger partial charge in [-0.3, -0.25) is 14.9 Å². The number of amides is 4. The molecule has 0 spiro atoms. The molecule has 0 unspecified atom stereocenters. The summed E-state index contributed by atoms with van der Waals surface area (Å²) in [6.45, 7) is 3.79. The third kappa shape index (κ3) is 4.16. The predicted molar refractivity (Wildman–Crippen MR) is 126 cm³/mol. The van der Waals surface area contributed by atoms with Crippen molar-refractivity contribution in [3.05, 3.63) is 53.1 Å². The first-order chi connectivity index (χ1) is 16.0. The van der Waals surface area contributed by atoms with Gasteiger partial charge in [-0.15, -0.1) is 0 Å². The van der Waals surface area contributed by atoms with E-state index in [9.17, 15) is 14.4 Å². The number of barbiturate groups is 1. The van der Waals surface area contributed by atoms with Gasteiger partial charge in [0.25, 0.3) is 11.8 Å². The van der Waals surface area contributed by atoms with Crippen molar-refractivity contribution in [1.82, 2.24) is 5.32 Å². The quantitative estimate of drug-likeness (QED) is 0.536. The molecule has 4 amide bonds. The number of hydrogen-bond acceptors (Lipinski definition) is 6. The molecule has 0 bridgehead atoms. The fourth-order valence-corrected chi connectivity index (χ4v) is 4.28. The first-order valence-corrected chi connectivity index (χ1v) is 11.0. The van der Waals surface area contributed by atoms with Crippen LogP contribution in [0.2, 0.25) is 0 Å². The number of aryl methyl sites for hydroxylation is 1. The number of nitrogens with zero attached hydrogens (tertiary/aromatic N) is 2. The van der Waals surface area contributed by atoms with E-state index in [1.807, 2.05) is 25.1 Å². The van der Waals surface area contributed by atoms with Crippen molar-refractivity contribution in [2.24, 2.45) is 0 Å². The van der Waals surface area contributed by atoms with E-state index in [2.05, 4.69) is 10.2 Å². The Morgan fingerprint density at radius 2 is 1.67 bits per heavy atom. The molecule has 4 rings (SSSR count). The van der Waals surface area contributed by atoms with Crippen LogP contribution in [0.15, 0.2) is 42.0 Å². The number of methoxy groups -OCH3 is 2. The maximum Gasteiger partial charge on any atom is 0.335 e. The third-order valence-electron chi connectivity index (χ3n) is 5.99. The summed E-state index contributed by atoms with van der Waals surface area (Å²) in [6.07, 6.45) is 4.29. The van der Waals surface area contributed by atoms with Gasteiger partial charge in [-0.1, -0.05) is 25.1 Å². The molecule has 2 saturated heterocycles. The van der Waals surface area contributed by atoms with Crippen LogP contribution in [0.3, 0.4) is 0 Å². The van der Waals surface area contributed by atoms with Crippen LogP contribution >= 0.6 is 0 Å². The molecular weight excluding hydrogens is 422 g/mol. The van der Waals surface area contributed by atoms with E-state index < -0.39 is 17.8 Å². The van der Waals surface area contributed by atoms with Gasteiger partial charge in [-0.2, -0.15) is 0 Å². The van der Waals surface area contributed by atoms with Crippen LogP contribution in [0.4, 0.5) is 16.2 Å². The number of imide groups is 2. The molecule has 2 aromatic rings. The van der Waals surface area contributed by atoms with Crippen LogP contribution in [-0.4, -0.2) is 45.2 Å². The highest BCUT2D eigenvalue weighted by molar-refractivity contribution is 6.39. The van der Waals surface area contributed by atoms with Gasteiger partial charge >= 0.3 is 6.03 Å². The lowest BCUT2D eigenvalue weighted by Gasteiger charge is -2.28. The topological polar surface area (TPSA) is 88.2 Å². The van der Waals surface area contributed by atoms with E-state index >= 15 is 0 Å². The number of benzene rings is 2. The van der Waals surface area contributed by atoms with Crippen LogP contribution < -0.4 is 24.6 Å². The maximum atomic E-state index is 13.3. The molecule has 33 heavy (non-hydrogen) atoms. The highest BCUT2D eigenvalue weighted by atomic mass is 16.5. The second kappa shape index (κ2) is 9.36. The van der Waals surface area contributed by atoms with Crippen molar-refractivity contribution in [3.63, 3.8) is 0 Å². The standard InChI is InChI=1S/C25H27N3O5/c1-4-16-9-5-6-10-19(16)28-24(30)18(23(29)26-25(28)31)13-17-14-22(33-3)20(15-21(17)32-2)27-11-7-8-12-27/h5-6,9-10,13-15H,4,7-8,11-12H2,1-3H3,(H,26,29,31)/b18-13+. The summed E-state index contributed by atoms with van der Waals surface area (Å²) < 4.78 is 11.2. The van der Waals surface area contributed by atoms with Crippen molar-refractivity contribution < 1.29 is 23.9 Å². The normalized spacial score (nSPS) is 17.5. The molecule has 172 valence electrons. The van der Waals surface area contributed by atoms with Crippen molar-refractivity contribution in [2.75, 3.05) is 37.1 Å². The van der Waals surface area contributed by atoms with E-state index in [0.29, 0.717) is 29.2 Å². The van der Waals surface area contributed by atoms with Gasteiger partial charge in [0.2, 0.25) is 0 Å². The highest BCUT2D eigenvalue weighted by Gasteiger charge is 2.37. The molecular formula is C25H27N3O5. The van der Waals surface area contributed by atoms with Gasteiger partial charge in [0.1, 0.15) is 17.1 Å². The predicted octanol–water partition coefficient (Wildman–Crippen LogP) is 3.53. The smallest absolute Gasteiger partial charge is 0.335 e. The van der Waals surface area contributed by atoms with E-state index in [0.717, 1.165) is 42.1 Å². The SMILES string of the molecule is CCc1ccccc1N1C(=O)NC(=O)/C(=C\c2cc(OC)c(N3CCCC3)cc2OC)C1=O. The molecule has 0 aromatic heterocycles. The number of carbonyl (C=O) groups is 3. The summed E-state index contributed by atoms with van der Waals surface area (Å²) in [5.41, 5.74) is 2.53. The molecule has 8 nitrogen and oxygen atoms in total. The molecule has 0 radical (unpaired) electrons. The Balaban J connectivity index is 1.78. The van der Waals surface area contributed by atoms with Crippen LogP contribution in [0.1, 0.15) is 30.9 Å². The Morgan fingerprint density at radius 3 is 2.33 bits per heavy atom. The van der Waals surface area contributed by atoms with E-state index in [4.69, 9.17) is 9.47 Å². The zero-order chi connectivity index (χ0) is 23.5. The van der Waals surface area contributed by atoms with Crippen molar-refractivity contribution >= 4 is 35.3 Å². The molecule has 0 aliphatic carbocycles. The maximum absolute atomic E-state index is 13.3. The van der Waals surface area contributed by atoms with E-state index in [-0.39, 0.29) is 5.57 Å². The van der Waals surface area contributed by atoms with E-state index in [1.165, 1.54) is 13.2 Å². The Labute approximate surface area is 192 Å². The lowest BCUT2D eigenvalue weighted by atomic mass is 10.0. The first-order valence-electron chi connectivity index (χ1n) is 11.0. The molecule has 2 fully saturated rings. The fourth-order valence-electron chi connectivity index (χ4n) is 4.28. The summed E-state index contributed by atoms with van der Waals surface area (Å²) >= 11 is 0. The number of rotatable bonds is 6. The number of carbonyl (C=O) groups excluding carboxylic acids is 3.